The quantitative estimate of drug-likeness (QED) is 0.722. The molecule has 3 aromatic rings. The van der Waals surface area contributed by atoms with Crippen molar-refractivity contribution >= 4 is 12.2 Å². The Kier molecular flexibility index (Phi) is 4.74. The molecule has 25 heavy (non-hydrogen) atoms. The Morgan fingerprint density at radius 2 is 1.92 bits per heavy atom. The van der Waals surface area contributed by atoms with Gasteiger partial charge in [0, 0.05) is 0 Å². The summed E-state index contributed by atoms with van der Waals surface area (Å²) in [5, 5.41) is 4.21. The van der Waals surface area contributed by atoms with E-state index in [-0.39, 0.29) is 18.1 Å². The molecule has 1 aromatic heterocycles. The summed E-state index contributed by atoms with van der Waals surface area (Å²) in [6, 6.07) is 10.7. The van der Waals surface area contributed by atoms with Gasteiger partial charge in [-0.2, -0.15) is 5.10 Å². The van der Waals surface area contributed by atoms with Crippen LogP contribution in [0.1, 0.15) is 16.8 Å². The van der Waals surface area contributed by atoms with Crippen LogP contribution in [0, 0.1) is 18.6 Å². The minimum atomic E-state index is -0.635. The SMILES string of the molecule is Cc1cn(N=Cc2cccc(OCc3c(F)cccc3F)c2)c(N)n1. The molecule has 0 spiro atoms. The third-order valence-corrected chi connectivity index (χ3v) is 3.47. The number of nitrogens with two attached hydrogens (primary N) is 1. The van der Waals surface area contributed by atoms with Gasteiger partial charge in [0.05, 0.1) is 23.7 Å². The van der Waals surface area contributed by atoms with E-state index in [1.165, 1.54) is 22.9 Å². The first kappa shape index (κ1) is 16.6. The molecule has 0 atom stereocenters. The van der Waals surface area contributed by atoms with E-state index < -0.39 is 11.6 Å². The van der Waals surface area contributed by atoms with Crippen LogP contribution in [0.2, 0.25) is 0 Å². The maximum Gasteiger partial charge on any atom is 0.221 e. The van der Waals surface area contributed by atoms with Gasteiger partial charge in [-0.15, -0.1) is 0 Å². The van der Waals surface area contributed by atoms with Gasteiger partial charge in [-0.3, -0.25) is 0 Å². The Bertz CT molecular complexity index is 901. The zero-order chi connectivity index (χ0) is 17.8. The number of anilines is 1. The molecular formula is C18H16F2N4O. The van der Waals surface area contributed by atoms with Crippen LogP contribution in [0.3, 0.4) is 0 Å². The topological polar surface area (TPSA) is 65.4 Å². The summed E-state index contributed by atoms with van der Waals surface area (Å²) in [5.74, 6) is -0.509. The highest BCUT2D eigenvalue weighted by Gasteiger charge is 2.09. The fraction of sp³-hybridized carbons (Fsp3) is 0.111. The van der Waals surface area contributed by atoms with E-state index in [9.17, 15) is 8.78 Å². The first-order valence-electron chi connectivity index (χ1n) is 7.54. The Hall–Kier alpha value is -3.22. The smallest absolute Gasteiger partial charge is 0.221 e. The second-order valence-corrected chi connectivity index (χ2v) is 5.39. The van der Waals surface area contributed by atoms with Crippen molar-refractivity contribution in [1.82, 2.24) is 9.66 Å². The molecule has 0 aliphatic heterocycles. The maximum absolute atomic E-state index is 13.6. The second-order valence-electron chi connectivity index (χ2n) is 5.39. The third-order valence-electron chi connectivity index (χ3n) is 3.47. The molecular weight excluding hydrogens is 326 g/mol. The summed E-state index contributed by atoms with van der Waals surface area (Å²) in [5.41, 5.74) is 7.12. The van der Waals surface area contributed by atoms with E-state index in [2.05, 4.69) is 10.1 Å². The number of ether oxygens (including phenoxy) is 1. The van der Waals surface area contributed by atoms with Crippen LogP contribution in [0.25, 0.3) is 0 Å². The summed E-state index contributed by atoms with van der Waals surface area (Å²) in [6.45, 7) is 1.62. The lowest BCUT2D eigenvalue weighted by Gasteiger charge is -2.08. The average Bonchev–Trinajstić information content (AvgIpc) is 2.90. The van der Waals surface area contributed by atoms with Crippen molar-refractivity contribution in [1.29, 1.82) is 0 Å². The predicted molar refractivity (Wildman–Crippen MR) is 91.5 cm³/mol. The molecule has 1 heterocycles. The summed E-state index contributed by atoms with van der Waals surface area (Å²) in [4.78, 5) is 4.05. The van der Waals surface area contributed by atoms with Crippen LogP contribution in [-0.2, 0) is 6.61 Å². The van der Waals surface area contributed by atoms with Gasteiger partial charge in [-0.1, -0.05) is 18.2 Å². The van der Waals surface area contributed by atoms with E-state index in [0.717, 1.165) is 11.3 Å². The van der Waals surface area contributed by atoms with Gasteiger partial charge >= 0.3 is 0 Å². The number of rotatable bonds is 5. The number of nitrogens with zero attached hydrogens (tertiary/aromatic N) is 3. The zero-order valence-electron chi connectivity index (χ0n) is 13.5. The lowest BCUT2D eigenvalue weighted by atomic mass is 10.2. The van der Waals surface area contributed by atoms with Gasteiger partial charge in [0.2, 0.25) is 5.95 Å². The van der Waals surface area contributed by atoms with Gasteiger partial charge in [-0.25, -0.2) is 18.4 Å². The van der Waals surface area contributed by atoms with Crippen molar-refractivity contribution in [2.24, 2.45) is 5.10 Å². The molecule has 0 unspecified atom stereocenters. The molecule has 7 heteroatoms. The molecule has 3 rings (SSSR count). The fourth-order valence-corrected chi connectivity index (χ4v) is 2.24. The van der Waals surface area contributed by atoms with Crippen LogP contribution in [0.4, 0.5) is 14.7 Å². The highest BCUT2D eigenvalue weighted by Crippen LogP contribution is 2.18. The first-order valence-corrected chi connectivity index (χ1v) is 7.54. The number of aryl methyl sites for hydroxylation is 1. The third kappa shape index (κ3) is 4.00. The molecule has 0 fully saturated rings. The second kappa shape index (κ2) is 7.12. The molecule has 0 aliphatic rings. The molecule has 128 valence electrons. The van der Waals surface area contributed by atoms with Gasteiger partial charge in [0.1, 0.15) is 24.0 Å². The number of nitrogen functional groups attached to an aromatic ring is 1. The molecule has 5 nitrogen and oxygen atoms in total. The molecule has 2 aromatic carbocycles. The van der Waals surface area contributed by atoms with Gasteiger partial charge in [-0.05, 0) is 36.8 Å². The number of aromatic nitrogens is 2. The number of hydrogen-bond donors (Lipinski definition) is 1. The van der Waals surface area contributed by atoms with Crippen molar-refractivity contribution in [2.45, 2.75) is 13.5 Å². The standard InChI is InChI=1S/C18H16F2N4O/c1-12-10-24(18(21)23-12)22-9-13-4-2-5-14(8-13)25-11-15-16(19)6-3-7-17(15)20/h2-10H,11H2,1H3,(H2,21,23). The van der Waals surface area contributed by atoms with Gasteiger partial charge < -0.3 is 10.5 Å². The monoisotopic (exact) mass is 342 g/mol. The van der Waals surface area contributed by atoms with E-state index in [4.69, 9.17) is 10.5 Å². The molecule has 0 radical (unpaired) electrons. The van der Waals surface area contributed by atoms with E-state index in [1.807, 2.05) is 13.0 Å². The van der Waals surface area contributed by atoms with Crippen LogP contribution < -0.4 is 10.5 Å². The van der Waals surface area contributed by atoms with Crippen LogP contribution in [-0.4, -0.2) is 15.9 Å². The Morgan fingerprint density at radius 1 is 1.20 bits per heavy atom. The fourth-order valence-electron chi connectivity index (χ4n) is 2.24. The summed E-state index contributed by atoms with van der Waals surface area (Å²) >= 11 is 0. The maximum atomic E-state index is 13.6. The summed E-state index contributed by atoms with van der Waals surface area (Å²) in [7, 11) is 0. The zero-order valence-corrected chi connectivity index (χ0v) is 13.5. The minimum Gasteiger partial charge on any atom is -0.489 e. The number of benzene rings is 2. The Balaban J connectivity index is 1.72. The number of halogens is 2. The summed E-state index contributed by atoms with van der Waals surface area (Å²) in [6.07, 6.45) is 3.29. The Morgan fingerprint density at radius 3 is 2.60 bits per heavy atom. The van der Waals surface area contributed by atoms with Crippen molar-refractivity contribution in [3.8, 4) is 5.75 Å². The lowest BCUT2D eigenvalue weighted by molar-refractivity contribution is 0.292. The van der Waals surface area contributed by atoms with Gasteiger partial charge in [0.15, 0.2) is 0 Å². The highest BCUT2D eigenvalue weighted by atomic mass is 19.1. The summed E-state index contributed by atoms with van der Waals surface area (Å²) < 4.78 is 34.2. The molecule has 0 amide bonds. The van der Waals surface area contributed by atoms with Crippen LogP contribution in [0.15, 0.2) is 53.8 Å². The number of imidazole rings is 1. The molecule has 0 saturated carbocycles. The lowest BCUT2D eigenvalue weighted by Crippen LogP contribution is -2.02. The van der Waals surface area contributed by atoms with Crippen LogP contribution in [0.5, 0.6) is 5.75 Å². The van der Waals surface area contributed by atoms with E-state index in [1.54, 1.807) is 30.6 Å². The van der Waals surface area contributed by atoms with E-state index >= 15 is 0 Å². The molecule has 2 N–H and O–H groups in total. The first-order chi connectivity index (χ1) is 12.0. The minimum absolute atomic E-state index is 0.108. The number of hydrogen-bond acceptors (Lipinski definition) is 4. The van der Waals surface area contributed by atoms with Crippen molar-refractivity contribution in [2.75, 3.05) is 5.73 Å². The van der Waals surface area contributed by atoms with Crippen molar-refractivity contribution in [3.05, 3.63) is 77.1 Å². The normalized spacial score (nSPS) is 11.2. The molecule has 0 aliphatic carbocycles. The Labute approximate surface area is 143 Å². The average molecular weight is 342 g/mol. The predicted octanol–water partition coefficient (Wildman–Crippen LogP) is 3.51. The molecule has 0 saturated heterocycles. The van der Waals surface area contributed by atoms with Gasteiger partial charge in [0.25, 0.3) is 0 Å². The van der Waals surface area contributed by atoms with Crippen LogP contribution >= 0.6 is 0 Å². The molecule has 0 bridgehead atoms. The van der Waals surface area contributed by atoms with E-state index in [0.29, 0.717) is 5.75 Å². The highest BCUT2D eigenvalue weighted by molar-refractivity contribution is 5.80. The van der Waals surface area contributed by atoms with Crippen molar-refractivity contribution < 1.29 is 13.5 Å². The largest absolute Gasteiger partial charge is 0.489 e. The van der Waals surface area contributed by atoms with Crippen molar-refractivity contribution in [3.63, 3.8) is 0 Å².